The van der Waals surface area contributed by atoms with Gasteiger partial charge in [0, 0.05) is 4.90 Å². The van der Waals surface area contributed by atoms with Crippen LogP contribution in [0.5, 0.6) is 0 Å². The van der Waals surface area contributed by atoms with Crippen LogP contribution in [0.2, 0.25) is 5.02 Å². The van der Waals surface area contributed by atoms with Crippen molar-refractivity contribution >= 4 is 29.3 Å². The van der Waals surface area contributed by atoms with E-state index in [4.69, 9.17) is 17.4 Å². The summed E-state index contributed by atoms with van der Waals surface area (Å²) in [6, 6.07) is 6.53. The lowest BCUT2D eigenvalue weighted by Gasteiger charge is -2.07. The average Bonchev–Trinajstić information content (AvgIpc) is 2.89. The number of aryl methyl sites for hydroxylation is 2. The number of rotatable bonds is 3. The number of hydrazine groups is 1. The Labute approximate surface area is 120 Å². The standard InChI is InChI=1S/C13H13ClN4S/c14-11-7-16-13(18-15)17-12(11)19-10-5-4-8-2-1-3-9(8)6-10/h4-7H,1-3,15H2,(H,16,17,18). The molecule has 3 rings (SSSR count). The van der Waals surface area contributed by atoms with E-state index in [0.29, 0.717) is 16.0 Å². The van der Waals surface area contributed by atoms with E-state index < -0.39 is 0 Å². The third-order valence-corrected chi connectivity index (χ3v) is 4.51. The molecule has 1 heterocycles. The van der Waals surface area contributed by atoms with Crippen LogP contribution >= 0.6 is 23.4 Å². The number of fused-ring (bicyclic) bond motifs is 1. The number of anilines is 1. The average molecular weight is 293 g/mol. The van der Waals surface area contributed by atoms with Gasteiger partial charge in [-0.2, -0.15) is 0 Å². The predicted molar refractivity (Wildman–Crippen MR) is 77.4 cm³/mol. The zero-order chi connectivity index (χ0) is 13.2. The Balaban J connectivity index is 1.88. The molecule has 1 aliphatic carbocycles. The Kier molecular flexibility index (Phi) is 3.59. The number of halogens is 1. The molecule has 0 spiro atoms. The Hall–Kier alpha value is -1.30. The van der Waals surface area contributed by atoms with Crippen molar-refractivity contribution in [1.29, 1.82) is 0 Å². The van der Waals surface area contributed by atoms with Crippen molar-refractivity contribution in [3.05, 3.63) is 40.5 Å². The number of nitrogen functional groups attached to an aromatic ring is 1. The van der Waals surface area contributed by atoms with Gasteiger partial charge in [-0.25, -0.2) is 15.8 Å². The lowest BCUT2D eigenvalue weighted by molar-refractivity contribution is 0.911. The van der Waals surface area contributed by atoms with Crippen molar-refractivity contribution in [1.82, 2.24) is 9.97 Å². The van der Waals surface area contributed by atoms with Gasteiger partial charge in [0.25, 0.3) is 0 Å². The monoisotopic (exact) mass is 292 g/mol. The van der Waals surface area contributed by atoms with Gasteiger partial charge in [-0.15, -0.1) is 0 Å². The number of nitrogens with one attached hydrogen (secondary N) is 1. The molecule has 98 valence electrons. The van der Waals surface area contributed by atoms with Crippen LogP contribution in [0, 0.1) is 0 Å². The number of hydrogen-bond donors (Lipinski definition) is 2. The molecule has 1 aliphatic rings. The van der Waals surface area contributed by atoms with Crippen LogP contribution in [0.25, 0.3) is 0 Å². The minimum atomic E-state index is 0.369. The van der Waals surface area contributed by atoms with Crippen LogP contribution < -0.4 is 11.3 Å². The first kappa shape index (κ1) is 12.7. The summed E-state index contributed by atoms with van der Waals surface area (Å²) in [6.07, 6.45) is 5.16. The van der Waals surface area contributed by atoms with E-state index in [9.17, 15) is 0 Å². The molecule has 1 aromatic carbocycles. The predicted octanol–water partition coefficient (Wildman–Crippen LogP) is 3.06. The highest BCUT2D eigenvalue weighted by molar-refractivity contribution is 7.99. The van der Waals surface area contributed by atoms with E-state index in [-0.39, 0.29) is 0 Å². The smallest absolute Gasteiger partial charge is 0.238 e. The fourth-order valence-electron chi connectivity index (χ4n) is 2.22. The second kappa shape index (κ2) is 5.36. The molecule has 0 atom stereocenters. The SMILES string of the molecule is NNc1ncc(Cl)c(Sc2ccc3c(c2)CCC3)n1. The number of benzene rings is 1. The van der Waals surface area contributed by atoms with Gasteiger partial charge >= 0.3 is 0 Å². The minimum absolute atomic E-state index is 0.369. The number of nitrogens with two attached hydrogens (primary N) is 1. The maximum Gasteiger partial charge on any atom is 0.238 e. The second-order valence-corrected chi connectivity index (χ2v) is 5.85. The Morgan fingerprint density at radius 1 is 1.26 bits per heavy atom. The fourth-order valence-corrected chi connectivity index (χ4v) is 3.27. The lowest BCUT2D eigenvalue weighted by atomic mass is 10.1. The molecule has 0 fully saturated rings. The van der Waals surface area contributed by atoms with Gasteiger partial charge in [-0.1, -0.05) is 29.4 Å². The van der Waals surface area contributed by atoms with Crippen LogP contribution in [-0.4, -0.2) is 9.97 Å². The molecule has 0 radical (unpaired) electrons. The highest BCUT2D eigenvalue weighted by atomic mass is 35.5. The molecule has 0 unspecified atom stereocenters. The third-order valence-electron chi connectivity index (χ3n) is 3.13. The van der Waals surface area contributed by atoms with Gasteiger partial charge in [0.1, 0.15) is 5.03 Å². The van der Waals surface area contributed by atoms with E-state index >= 15 is 0 Å². The summed E-state index contributed by atoms with van der Waals surface area (Å²) < 4.78 is 0. The van der Waals surface area contributed by atoms with E-state index in [1.807, 2.05) is 0 Å². The highest BCUT2D eigenvalue weighted by Crippen LogP contribution is 2.34. The summed E-state index contributed by atoms with van der Waals surface area (Å²) >= 11 is 7.64. The molecule has 4 nitrogen and oxygen atoms in total. The molecule has 0 aliphatic heterocycles. The summed E-state index contributed by atoms with van der Waals surface area (Å²) in [4.78, 5) is 9.37. The van der Waals surface area contributed by atoms with Crippen LogP contribution in [0.3, 0.4) is 0 Å². The highest BCUT2D eigenvalue weighted by Gasteiger charge is 2.13. The van der Waals surface area contributed by atoms with Crippen LogP contribution in [0.15, 0.2) is 34.3 Å². The Morgan fingerprint density at radius 3 is 2.95 bits per heavy atom. The Morgan fingerprint density at radius 2 is 2.11 bits per heavy atom. The van der Waals surface area contributed by atoms with Crippen molar-refractivity contribution in [2.75, 3.05) is 5.43 Å². The number of nitrogens with zero attached hydrogens (tertiary/aromatic N) is 2. The molecule has 6 heteroatoms. The van der Waals surface area contributed by atoms with Crippen LogP contribution in [0.4, 0.5) is 5.95 Å². The zero-order valence-electron chi connectivity index (χ0n) is 10.2. The normalized spacial score (nSPS) is 13.4. The van der Waals surface area contributed by atoms with Crippen molar-refractivity contribution in [3.63, 3.8) is 0 Å². The molecule has 1 aromatic heterocycles. The topological polar surface area (TPSA) is 63.8 Å². The van der Waals surface area contributed by atoms with Gasteiger partial charge in [-0.05, 0) is 42.5 Å². The van der Waals surface area contributed by atoms with Crippen molar-refractivity contribution in [2.45, 2.75) is 29.2 Å². The Bertz CT molecular complexity index is 618. The van der Waals surface area contributed by atoms with Crippen LogP contribution in [0.1, 0.15) is 17.5 Å². The molecule has 19 heavy (non-hydrogen) atoms. The van der Waals surface area contributed by atoms with E-state index in [1.165, 1.54) is 35.7 Å². The molecule has 0 amide bonds. The van der Waals surface area contributed by atoms with Gasteiger partial charge in [0.2, 0.25) is 5.95 Å². The molecular formula is C13H13ClN4S. The first-order chi connectivity index (χ1) is 9.26. The summed E-state index contributed by atoms with van der Waals surface area (Å²) in [5.41, 5.74) is 5.33. The molecule has 0 bridgehead atoms. The van der Waals surface area contributed by atoms with Gasteiger partial charge in [0.05, 0.1) is 11.2 Å². The summed E-state index contributed by atoms with van der Waals surface area (Å²) in [7, 11) is 0. The number of aromatic nitrogens is 2. The summed E-state index contributed by atoms with van der Waals surface area (Å²) in [5, 5.41) is 1.24. The zero-order valence-corrected chi connectivity index (χ0v) is 11.8. The maximum atomic E-state index is 6.11. The van der Waals surface area contributed by atoms with E-state index in [1.54, 1.807) is 6.20 Å². The van der Waals surface area contributed by atoms with E-state index in [2.05, 4.69) is 33.6 Å². The molecule has 3 N–H and O–H groups in total. The minimum Gasteiger partial charge on any atom is -0.292 e. The third kappa shape index (κ3) is 2.68. The van der Waals surface area contributed by atoms with E-state index in [0.717, 1.165) is 11.3 Å². The van der Waals surface area contributed by atoms with Crippen molar-refractivity contribution < 1.29 is 0 Å². The molecule has 2 aromatic rings. The fraction of sp³-hybridized carbons (Fsp3) is 0.231. The summed E-state index contributed by atoms with van der Waals surface area (Å²) in [5.74, 6) is 5.68. The van der Waals surface area contributed by atoms with Gasteiger partial charge < -0.3 is 0 Å². The largest absolute Gasteiger partial charge is 0.292 e. The van der Waals surface area contributed by atoms with Crippen molar-refractivity contribution in [3.8, 4) is 0 Å². The quantitative estimate of drug-likeness (QED) is 0.517. The maximum absolute atomic E-state index is 6.11. The van der Waals surface area contributed by atoms with Crippen molar-refractivity contribution in [2.24, 2.45) is 5.84 Å². The molecular weight excluding hydrogens is 280 g/mol. The van der Waals surface area contributed by atoms with Gasteiger partial charge in [0.15, 0.2) is 0 Å². The molecule has 0 saturated heterocycles. The first-order valence-electron chi connectivity index (χ1n) is 6.05. The second-order valence-electron chi connectivity index (χ2n) is 4.38. The van der Waals surface area contributed by atoms with Gasteiger partial charge in [-0.3, -0.25) is 5.43 Å². The first-order valence-corrected chi connectivity index (χ1v) is 7.24. The summed E-state index contributed by atoms with van der Waals surface area (Å²) in [6.45, 7) is 0. The lowest BCUT2D eigenvalue weighted by Crippen LogP contribution is -2.10. The van der Waals surface area contributed by atoms with Crippen LogP contribution in [-0.2, 0) is 12.8 Å². The molecule has 0 saturated carbocycles. The number of hydrogen-bond acceptors (Lipinski definition) is 5.